The van der Waals surface area contributed by atoms with Gasteiger partial charge in [-0.1, -0.05) is 0 Å². The van der Waals surface area contributed by atoms with E-state index >= 15 is 0 Å². The van der Waals surface area contributed by atoms with Crippen molar-refractivity contribution in [1.82, 2.24) is 9.78 Å². The van der Waals surface area contributed by atoms with E-state index in [-0.39, 0.29) is 47.3 Å². The number of hydrogen-bond donors (Lipinski definition) is 1. The van der Waals surface area contributed by atoms with Crippen molar-refractivity contribution in [3.8, 4) is 0 Å². The molecule has 1 rings (SSSR count). The van der Waals surface area contributed by atoms with Crippen molar-refractivity contribution in [2.75, 3.05) is 0 Å². The van der Waals surface area contributed by atoms with Crippen molar-refractivity contribution >= 4 is 11.1 Å². The molecule has 0 spiro atoms. The zero-order valence-electron chi connectivity index (χ0n) is 8.99. The number of alkyl halides is 2. The maximum atomic E-state index is 12.2. The Kier molecular flexibility index (Phi) is 5.38. The standard InChI is InChI=1S/C6H8F2N2O2S.Na.H/c1-3-5(13(11)12)4(2)10(9-3)6(7)8;;/h6H,1-2H3,(H,11,12);;/q;+1;-1. The molecule has 0 amide bonds. The first kappa shape index (κ1) is 14.2. The van der Waals surface area contributed by atoms with Crippen LogP contribution in [0.4, 0.5) is 8.78 Å². The second kappa shape index (κ2) is 5.32. The van der Waals surface area contributed by atoms with Crippen LogP contribution < -0.4 is 29.6 Å². The van der Waals surface area contributed by atoms with Crippen molar-refractivity contribution in [2.45, 2.75) is 25.3 Å². The fourth-order valence-electron chi connectivity index (χ4n) is 1.09. The predicted octanol–water partition coefficient (Wildman–Crippen LogP) is -1.41. The summed E-state index contributed by atoms with van der Waals surface area (Å²) in [6.45, 7) is -0.0405. The van der Waals surface area contributed by atoms with Crippen LogP contribution in [-0.2, 0) is 11.1 Å². The van der Waals surface area contributed by atoms with Crippen LogP contribution in [0.25, 0.3) is 0 Å². The molecule has 0 aliphatic rings. The van der Waals surface area contributed by atoms with Gasteiger partial charge in [-0.15, -0.1) is 0 Å². The molecular formula is C6H9F2N2NaO2S. The van der Waals surface area contributed by atoms with Gasteiger partial charge in [0.05, 0.1) is 11.4 Å². The van der Waals surface area contributed by atoms with E-state index in [2.05, 4.69) is 5.10 Å². The molecule has 1 aromatic heterocycles. The van der Waals surface area contributed by atoms with E-state index < -0.39 is 17.6 Å². The third kappa shape index (κ3) is 2.60. The molecule has 14 heavy (non-hydrogen) atoms. The summed E-state index contributed by atoms with van der Waals surface area (Å²) >= 11 is -2.26. The Labute approximate surface area is 106 Å². The zero-order chi connectivity index (χ0) is 10.2. The van der Waals surface area contributed by atoms with E-state index in [1.165, 1.54) is 13.8 Å². The third-order valence-electron chi connectivity index (χ3n) is 1.62. The van der Waals surface area contributed by atoms with E-state index in [1.54, 1.807) is 0 Å². The van der Waals surface area contributed by atoms with Gasteiger partial charge in [0.2, 0.25) is 0 Å². The SMILES string of the molecule is Cc1nn(C(F)F)c(C)c1S(=O)O.[H-].[Na+]. The summed E-state index contributed by atoms with van der Waals surface area (Å²) in [6, 6.07) is 0. The van der Waals surface area contributed by atoms with E-state index in [0.717, 1.165) is 0 Å². The number of nitrogens with zero attached hydrogens (tertiary/aromatic N) is 2. The van der Waals surface area contributed by atoms with Crippen molar-refractivity contribution in [1.29, 1.82) is 0 Å². The van der Waals surface area contributed by atoms with Crippen LogP contribution in [-0.4, -0.2) is 18.5 Å². The molecule has 0 bridgehead atoms. The molecule has 1 aromatic rings. The van der Waals surface area contributed by atoms with Gasteiger partial charge in [-0.05, 0) is 13.8 Å². The average Bonchev–Trinajstić information content (AvgIpc) is 2.26. The van der Waals surface area contributed by atoms with Gasteiger partial charge in [0.15, 0.2) is 11.1 Å². The fourth-order valence-corrected chi connectivity index (χ4v) is 1.73. The van der Waals surface area contributed by atoms with Gasteiger partial charge in [-0.3, -0.25) is 0 Å². The Bertz CT molecular complexity index is 361. The summed E-state index contributed by atoms with van der Waals surface area (Å²) in [7, 11) is 0. The molecule has 0 aliphatic carbocycles. The van der Waals surface area contributed by atoms with Crippen LogP contribution in [0, 0.1) is 13.8 Å². The molecular weight excluding hydrogens is 225 g/mol. The molecule has 1 heterocycles. The Balaban J connectivity index is 0. The quantitative estimate of drug-likeness (QED) is 0.505. The van der Waals surface area contributed by atoms with Crippen LogP contribution >= 0.6 is 0 Å². The van der Waals surface area contributed by atoms with E-state index in [1.807, 2.05) is 0 Å². The minimum absolute atomic E-state index is 0. The van der Waals surface area contributed by atoms with E-state index in [9.17, 15) is 13.0 Å². The predicted molar refractivity (Wildman–Crippen MR) is 43.1 cm³/mol. The van der Waals surface area contributed by atoms with Crippen LogP contribution in [0.5, 0.6) is 0 Å². The fraction of sp³-hybridized carbons (Fsp3) is 0.500. The molecule has 0 saturated heterocycles. The van der Waals surface area contributed by atoms with Crippen LogP contribution in [0.15, 0.2) is 4.90 Å². The number of rotatable bonds is 2. The number of aryl methyl sites for hydroxylation is 1. The Morgan fingerprint density at radius 2 is 2.07 bits per heavy atom. The Hall–Kier alpha value is 0.180. The zero-order valence-corrected chi connectivity index (χ0v) is 10.8. The van der Waals surface area contributed by atoms with E-state index in [0.29, 0.717) is 4.68 Å². The summed E-state index contributed by atoms with van der Waals surface area (Å²) in [5.74, 6) is 0. The van der Waals surface area contributed by atoms with Gasteiger partial charge in [-0.25, -0.2) is 8.89 Å². The molecule has 0 aliphatic heterocycles. The van der Waals surface area contributed by atoms with Crippen molar-refractivity contribution in [3.05, 3.63) is 11.4 Å². The van der Waals surface area contributed by atoms with Gasteiger partial charge < -0.3 is 5.98 Å². The largest absolute Gasteiger partial charge is 1.00 e. The first-order valence-corrected chi connectivity index (χ1v) is 4.50. The second-order valence-electron chi connectivity index (χ2n) is 2.47. The molecule has 0 fully saturated rings. The molecule has 4 nitrogen and oxygen atoms in total. The molecule has 8 heteroatoms. The molecule has 76 valence electrons. The summed E-state index contributed by atoms with van der Waals surface area (Å²) in [5, 5.41) is 3.44. The van der Waals surface area contributed by atoms with Gasteiger partial charge in [-0.2, -0.15) is 13.9 Å². The molecule has 1 unspecified atom stereocenters. The van der Waals surface area contributed by atoms with Crippen LogP contribution in [0.1, 0.15) is 19.4 Å². The molecule has 0 radical (unpaired) electrons. The van der Waals surface area contributed by atoms with Crippen molar-refractivity contribution in [2.24, 2.45) is 0 Å². The monoisotopic (exact) mass is 234 g/mol. The minimum atomic E-state index is -2.78. The molecule has 0 saturated carbocycles. The molecule has 1 N–H and O–H groups in total. The number of hydrogen-bond acceptors (Lipinski definition) is 2. The summed E-state index contributed by atoms with van der Waals surface area (Å²) < 4.78 is 44.3. The normalized spacial score (nSPS) is 12.7. The molecule has 0 aromatic carbocycles. The van der Waals surface area contributed by atoms with Crippen LogP contribution in [0.3, 0.4) is 0 Å². The maximum absolute atomic E-state index is 12.2. The topological polar surface area (TPSA) is 55.1 Å². The minimum Gasteiger partial charge on any atom is -1.00 e. The first-order chi connectivity index (χ1) is 5.95. The van der Waals surface area contributed by atoms with E-state index in [4.69, 9.17) is 4.55 Å². The first-order valence-electron chi connectivity index (χ1n) is 3.40. The Morgan fingerprint density at radius 3 is 2.29 bits per heavy atom. The van der Waals surface area contributed by atoms with Gasteiger partial charge in [0, 0.05) is 0 Å². The maximum Gasteiger partial charge on any atom is 1.00 e. The van der Waals surface area contributed by atoms with Gasteiger partial charge in [0.1, 0.15) is 4.90 Å². The van der Waals surface area contributed by atoms with Crippen molar-refractivity contribution < 1.29 is 48.5 Å². The Morgan fingerprint density at radius 1 is 1.57 bits per heavy atom. The van der Waals surface area contributed by atoms with Crippen LogP contribution in [0.2, 0.25) is 0 Å². The van der Waals surface area contributed by atoms with Gasteiger partial charge in [0.25, 0.3) is 0 Å². The summed E-state index contributed by atoms with van der Waals surface area (Å²) in [6.07, 6.45) is 0. The number of aromatic nitrogens is 2. The second-order valence-corrected chi connectivity index (χ2v) is 3.38. The molecule has 1 atom stereocenters. The summed E-state index contributed by atoms with van der Waals surface area (Å²) in [5.41, 5.74) is 0.173. The van der Waals surface area contributed by atoms with Crippen molar-refractivity contribution in [3.63, 3.8) is 0 Å². The summed E-state index contributed by atoms with van der Waals surface area (Å²) in [4.78, 5) is -0.0414. The van der Waals surface area contributed by atoms with Gasteiger partial charge >= 0.3 is 36.1 Å². The third-order valence-corrected chi connectivity index (χ3v) is 2.56. The smallest absolute Gasteiger partial charge is 1.00 e. The number of halogens is 2. The average molecular weight is 234 g/mol.